The van der Waals surface area contributed by atoms with Crippen molar-refractivity contribution in [3.63, 3.8) is 0 Å². The minimum absolute atomic E-state index is 0. The van der Waals surface area contributed by atoms with Gasteiger partial charge in [0, 0.05) is 18.5 Å². The van der Waals surface area contributed by atoms with Gasteiger partial charge >= 0.3 is 0 Å². The quantitative estimate of drug-likeness (QED) is 0.730. The number of nitrogens with zero attached hydrogens (tertiary/aromatic N) is 3. The SMILES string of the molecule is CCOc1ccc(C(=O)Nc2nc(C3CCNCC3)nn2C)cc1OCC.Cl. The van der Waals surface area contributed by atoms with Gasteiger partial charge < -0.3 is 14.8 Å². The van der Waals surface area contributed by atoms with Gasteiger partial charge in [-0.05, 0) is 58.0 Å². The number of amides is 1. The van der Waals surface area contributed by atoms with E-state index < -0.39 is 0 Å². The van der Waals surface area contributed by atoms with E-state index in [2.05, 4.69) is 20.7 Å². The van der Waals surface area contributed by atoms with E-state index in [0.717, 1.165) is 31.8 Å². The highest BCUT2D eigenvalue weighted by atomic mass is 35.5. The smallest absolute Gasteiger partial charge is 0.258 e. The number of carbonyl (C=O) groups excluding carboxylic acids is 1. The largest absolute Gasteiger partial charge is 0.490 e. The highest BCUT2D eigenvalue weighted by molar-refractivity contribution is 6.03. The van der Waals surface area contributed by atoms with Crippen LogP contribution in [0.3, 0.4) is 0 Å². The van der Waals surface area contributed by atoms with Crippen molar-refractivity contribution < 1.29 is 14.3 Å². The van der Waals surface area contributed by atoms with Gasteiger partial charge in [0.1, 0.15) is 0 Å². The molecule has 8 nitrogen and oxygen atoms in total. The molecule has 0 saturated carbocycles. The van der Waals surface area contributed by atoms with Crippen LogP contribution in [0.4, 0.5) is 5.95 Å². The highest BCUT2D eigenvalue weighted by Crippen LogP contribution is 2.29. The number of benzene rings is 1. The minimum atomic E-state index is -0.258. The van der Waals surface area contributed by atoms with E-state index in [0.29, 0.717) is 42.1 Å². The molecule has 1 fully saturated rings. The first-order chi connectivity index (χ1) is 13.1. The first-order valence-corrected chi connectivity index (χ1v) is 9.45. The molecule has 0 spiro atoms. The number of ether oxygens (including phenoxy) is 2. The number of halogens is 1. The van der Waals surface area contributed by atoms with Crippen LogP contribution in [0.25, 0.3) is 0 Å². The fourth-order valence-corrected chi connectivity index (χ4v) is 3.13. The molecule has 1 aromatic carbocycles. The standard InChI is InChI=1S/C19H27N5O3.ClH/c1-4-26-15-7-6-14(12-16(15)27-5-2)18(25)22-19-21-17(23-24(19)3)13-8-10-20-11-9-13;/h6-7,12-13,20H,4-5,8-11H2,1-3H3,(H,21,22,23,25);1H. The lowest BCUT2D eigenvalue weighted by Gasteiger charge is -2.19. The van der Waals surface area contributed by atoms with E-state index in [1.54, 1.807) is 29.9 Å². The second-order valence-electron chi connectivity index (χ2n) is 6.42. The molecule has 9 heteroatoms. The van der Waals surface area contributed by atoms with Crippen molar-refractivity contribution in [2.45, 2.75) is 32.6 Å². The molecule has 1 saturated heterocycles. The predicted octanol–water partition coefficient (Wildman–Crippen LogP) is 2.75. The van der Waals surface area contributed by atoms with E-state index >= 15 is 0 Å². The van der Waals surface area contributed by atoms with Gasteiger partial charge in [-0.3, -0.25) is 10.1 Å². The van der Waals surface area contributed by atoms with Gasteiger partial charge in [-0.25, -0.2) is 4.68 Å². The lowest BCUT2D eigenvalue weighted by Crippen LogP contribution is -2.27. The highest BCUT2D eigenvalue weighted by Gasteiger charge is 2.22. The summed E-state index contributed by atoms with van der Waals surface area (Å²) < 4.78 is 12.8. The third-order valence-corrected chi connectivity index (χ3v) is 4.51. The fourth-order valence-electron chi connectivity index (χ4n) is 3.13. The Kier molecular flexibility index (Phi) is 8.07. The molecule has 0 bridgehead atoms. The molecule has 1 aliphatic rings. The topological polar surface area (TPSA) is 90.3 Å². The van der Waals surface area contributed by atoms with Crippen LogP contribution < -0.4 is 20.1 Å². The predicted molar refractivity (Wildman–Crippen MR) is 110 cm³/mol. The first-order valence-electron chi connectivity index (χ1n) is 9.45. The first kappa shape index (κ1) is 22.0. The molecule has 2 heterocycles. The molecule has 1 amide bonds. The molecule has 28 heavy (non-hydrogen) atoms. The van der Waals surface area contributed by atoms with Crippen LogP contribution in [-0.4, -0.2) is 47.0 Å². The summed E-state index contributed by atoms with van der Waals surface area (Å²) in [6, 6.07) is 5.15. The van der Waals surface area contributed by atoms with Crippen LogP contribution in [0, 0.1) is 0 Å². The van der Waals surface area contributed by atoms with Crippen molar-refractivity contribution in [1.29, 1.82) is 0 Å². The molecule has 2 aromatic rings. The molecular formula is C19H28ClN5O3. The van der Waals surface area contributed by atoms with Crippen molar-refractivity contribution >= 4 is 24.3 Å². The lowest BCUT2D eigenvalue weighted by molar-refractivity contribution is 0.102. The number of piperidine rings is 1. The number of rotatable bonds is 7. The Morgan fingerprint density at radius 1 is 1.21 bits per heavy atom. The van der Waals surface area contributed by atoms with E-state index in [1.807, 2.05) is 13.8 Å². The maximum atomic E-state index is 12.7. The number of aryl methyl sites for hydroxylation is 1. The Balaban J connectivity index is 0.00000280. The monoisotopic (exact) mass is 409 g/mol. The molecule has 3 rings (SSSR count). The Labute approximate surface area is 171 Å². The number of hydrogen-bond donors (Lipinski definition) is 2. The third-order valence-electron chi connectivity index (χ3n) is 4.51. The molecule has 0 aliphatic carbocycles. The number of nitrogens with one attached hydrogen (secondary N) is 2. The summed E-state index contributed by atoms with van der Waals surface area (Å²) in [4.78, 5) is 17.2. The van der Waals surface area contributed by atoms with Crippen LogP contribution in [0.5, 0.6) is 11.5 Å². The molecule has 0 radical (unpaired) electrons. The van der Waals surface area contributed by atoms with Gasteiger partial charge in [0.15, 0.2) is 17.3 Å². The molecule has 0 unspecified atom stereocenters. The summed E-state index contributed by atoms with van der Waals surface area (Å²) in [6.07, 6.45) is 2.02. The number of hydrogen-bond acceptors (Lipinski definition) is 6. The zero-order valence-electron chi connectivity index (χ0n) is 16.5. The van der Waals surface area contributed by atoms with Crippen LogP contribution in [0.2, 0.25) is 0 Å². The molecule has 1 aliphatic heterocycles. The molecule has 0 atom stereocenters. The van der Waals surface area contributed by atoms with E-state index in [9.17, 15) is 4.79 Å². The van der Waals surface area contributed by atoms with E-state index in [4.69, 9.17) is 9.47 Å². The number of aromatic nitrogens is 3. The van der Waals surface area contributed by atoms with E-state index in [1.165, 1.54) is 0 Å². The summed E-state index contributed by atoms with van der Waals surface area (Å²) in [5, 5.41) is 10.7. The second-order valence-corrected chi connectivity index (χ2v) is 6.42. The average molecular weight is 410 g/mol. The average Bonchev–Trinajstić information content (AvgIpc) is 3.04. The van der Waals surface area contributed by atoms with Crippen molar-refractivity contribution in [3.05, 3.63) is 29.6 Å². The summed E-state index contributed by atoms with van der Waals surface area (Å²) in [7, 11) is 1.79. The summed E-state index contributed by atoms with van der Waals surface area (Å²) in [5.74, 6) is 2.49. The van der Waals surface area contributed by atoms with Crippen LogP contribution in [0.15, 0.2) is 18.2 Å². The minimum Gasteiger partial charge on any atom is -0.490 e. The summed E-state index contributed by atoms with van der Waals surface area (Å²) in [6.45, 7) is 6.76. The maximum absolute atomic E-state index is 12.7. The Morgan fingerprint density at radius 3 is 2.57 bits per heavy atom. The molecule has 154 valence electrons. The molecular weight excluding hydrogens is 382 g/mol. The van der Waals surface area contributed by atoms with Crippen molar-refractivity contribution in [1.82, 2.24) is 20.1 Å². The van der Waals surface area contributed by atoms with Crippen molar-refractivity contribution in [2.75, 3.05) is 31.6 Å². The normalized spacial score (nSPS) is 14.2. The Bertz CT molecular complexity index is 790. The molecule has 2 N–H and O–H groups in total. The Morgan fingerprint density at radius 2 is 1.89 bits per heavy atom. The maximum Gasteiger partial charge on any atom is 0.258 e. The lowest BCUT2D eigenvalue weighted by atomic mass is 9.98. The number of anilines is 1. The van der Waals surface area contributed by atoms with Crippen molar-refractivity contribution in [3.8, 4) is 11.5 Å². The van der Waals surface area contributed by atoms with Gasteiger partial charge in [0.2, 0.25) is 5.95 Å². The molecule has 1 aromatic heterocycles. The van der Waals surface area contributed by atoms with Gasteiger partial charge in [-0.15, -0.1) is 12.4 Å². The summed E-state index contributed by atoms with van der Waals surface area (Å²) >= 11 is 0. The summed E-state index contributed by atoms with van der Waals surface area (Å²) in [5.41, 5.74) is 0.480. The van der Waals surface area contributed by atoms with Crippen LogP contribution in [-0.2, 0) is 7.05 Å². The number of carbonyl (C=O) groups is 1. The fraction of sp³-hybridized carbons (Fsp3) is 0.526. The van der Waals surface area contributed by atoms with Gasteiger partial charge in [0.25, 0.3) is 5.91 Å². The second kappa shape index (κ2) is 10.3. The zero-order chi connectivity index (χ0) is 19.2. The van der Waals surface area contributed by atoms with Gasteiger partial charge in [-0.2, -0.15) is 10.1 Å². The Hall–Kier alpha value is -2.32. The van der Waals surface area contributed by atoms with Crippen molar-refractivity contribution in [2.24, 2.45) is 7.05 Å². The van der Waals surface area contributed by atoms with Gasteiger partial charge in [-0.1, -0.05) is 0 Å². The third kappa shape index (κ3) is 5.14. The van der Waals surface area contributed by atoms with E-state index in [-0.39, 0.29) is 18.3 Å². The van der Waals surface area contributed by atoms with Crippen LogP contribution in [0.1, 0.15) is 48.8 Å². The van der Waals surface area contributed by atoms with Crippen LogP contribution >= 0.6 is 12.4 Å². The zero-order valence-corrected chi connectivity index (χ0v) is 17.3. The van der Waals surface area contributed by atoms with Gasteiger partial charge in [0.05, 0.1) is 13.2 Å².